The largest absolute Gasteiger partial charge is 0.398 e. The Kier molecular flexibility index (Phi) is 4.35. The molecule has 1 aromatic rings. The van der Waals surface area contributed by atoms with E-state index in [-0.39, 0.29) is 10.8 Å². The van der Waals surface area contributed by atoms with Gasteiger partial charge in [0.1, 0.15) is 0 Å². The Labute approximate surface area is 95.3 Å². The van der Waals surface area contributed by atoms with Crippen molar-refractivity contribution in [1.29, 1.82) is 0 Å². The molecule has 1 heterocycles. The maximum atomic E-state index is 11.9. The molecular formula is C10H10F3NOS. The fraction of sp³-hybridized carbons (Fsp3) is 0.400. The van der Waals surface area contributed by atoms with E-state index in [4.69, 9.17) is 0 Å². The van der Waals surface area contributed by atoms with Gasteiger partial charge in [0.15, 0.2) is 5.78 Å². The number of carbonyl (C=O) groups excluding carboxylic acids is 1. The van der Waals surface area contributed by atoms with Crippen molar-refractivity contribution in [3.05, 3.63) is 23.9 Å². The predicted octanol–water partition coefficient (Wildman–Crippen LogP) is 3.33. The Hall–Kier alpha value is -1.04. The number of carbonyl (C=O) groups is 1. The normalized spacial score (nSPS) is 11.5. The molecule has 0 aliphatic rings. The van der Waals surface area contributed by atoms with Gasteiger partial charge >= 0.3 is 6.18 Å². The van der Waals surface area contributed by atoms with E-state index in [1.54, 1.807) is 6.92 Å². The highest BCUT2D eigenvalue weighted by molar-refractivity contribution is 7.99. The summed E-state index contributed by atoms with van der Waals surface area (Å²) in [4.78, 5) is 15.0. The van der Waals surface area contributed by atoms with Crippen molar-refractivity contribution >= 4 is 17.5 Å². The molecule has 6 heteroatoms. The Bertz CT molecular complexity index is 361. The molecule has 0 aliphatic heterocycles. The van der Waals surface area contributed by atoms with Gasteiger partial charge in [-0.1, -0.05) is 18.7 Å². The predicted molar refractivity (Wildman–Crippen MR) is 55.6 cm³/mol. The van der Waals surface area contributed by atoms with Gasteiger partial charge in [-0.3, -0.25) is 4.79 Å². The maximum Gasteiger partial charge on any atom is 0.398 e. The monoisotopic (exact) mass is 249 g/mol. The third-order valence-corrected chi connectivity index (χ3v) is 2.77. The molecule has 0 amide bonds. The van der Waals surface area contributed by atoms with Gasteiger partial charge in [-0.15, -0.1) is 0 Å². The number of hydrogen-bond acceptors (Lipinski definition) is 3. The van der Waals surface area contributed by atoms with Gasteiger partial charge < -0.3 is 0 Å². The first-order chi connectivity index (χ1) is 7.42. The number of nitrogens with zero attached hydrogens (tertiary/aromatic N) is 1. The first kappa shape index (κ1) is 13.0. The number of aromatic nitrogens is 1. The molecule has 1 aromatic heterocycles. The molecule has 0 saturated heterocycles. The highest BCUT2D eigenvalue weighted by atomic mass is 32.2. The van der Waals surface area contributed by atoms with Crippen LogP contribution in [0.2, 0.25) is 0 Å². The van der Waals surface area contributed by atoms with E-state index >= 15 is 0 Å². The van der Waals surface area contributed by atoms with Crippen LogP contribution in [-0.2, 0) is 0 Å². The summed E-state index contributed by atoms with van der Waals surface area (Å²) in [6.07, 6.45) is -2.54. The summed E-state index contributed by atoms with van der Waals surface area (Å²) in [5.74, 6) is -1.04. The molecule has 0 aliphatic carbocycles. The minimum Gasteiger partial charge on any atom is -0.294 e. The maximum absolute atomic E-state index is 11.9. The van der Waals surface area contributed by atoms with Crippen LogP contribution in [0.25, 0.3) is 0 Å². The van der Waals surface area contributed by atoms with Crippen LogP contribution < -0.4 is 0 Å². The Morgan fingerprint density at radius 1 is 1.44 bits per heavy atom. The number of alkyl halides is 3. The number of ketones is 1. The molecule has 88 valence electrons. The Morgan fingerprint density at radius 3 is 2.56 bits per heavy atom. The van der Waals surface area contributed by atoms with Crippen LogP contribution in [-0.4, -0.2) is 22.7 Å². The van der Waals surface area contributed by atoms with Crippen LogP contribution >= 0.6 is 11.8 Å². The van der Waals surface area contributed by atoms with Crippen molar-refractivity contribution in [3.8, 4) is 0 Å². The number of rotatable bonds is 4. The average molecular weight is 249 g/mol. The van der Waals surface area contributed by atoms with Gasteiger partial charge in [-0.25, -0.2) is 4.98 Å². The van der Waals surface area contributed by atoms with Crippen molar-refractivity contribution in [3.63, 3.8) is 0 Å². The van der Waals surface area contributed by atoms with E-state index in [0.717, 1.165) is 0 Å². The van der Waals surface area contributed by atoms with E-state index in [1.165, 1.54) is 18.3 Å². The zero-order valence-corrected chi connectivity index (χ0v) is 9.36. The lowest BCUT2D eigenvalue weighted by Gasteiger charge is -2.05. The van der Waals surface area contributed by atoms with E-state index in [9.17, 15) is 18.0 Å². The summed E-state index contributed by atoms with van der Waals surface area (Å²) in [6, 6.07) is 2.93. The molecule has 16 heavy (non-hydrogen) atoms. The van der Waals surface area contributed by atoms with Crippen LogP contribution in [0.3, 0.4) is 0 Å². The molecular weight excluding hydrogens is 239 g/mol. The summed E-state index contributed by atoms with van der Waals surface area (Å²) in [7, 11) is 0. The second-order valence-corrected chi connectivity index (χ2v) is 4.06. The van der Waals surface area contributed by atoms with Gasteiger partial charge in [0.2, 0.25) is 0 Å². The van der Waals surface area contributed by atoms with E-state index < -0.39 is 11.9 Å². The van der Waals surface area contributed by atoms with Crippen LogP contribution in [0, 0.1) is 0 Å². The van der Waals surface area contributed by atoms with Crippen molar-refractivity contribution in [2.24, 2.45) is 0 Å². The minimum absolute atomic E-state index is 0.0696. The SMILES string of the molecule is CCC(=O)c1ccc(SCC(F)(F)F)nc1. The first-order valence-electron chi connectivity index (χ1n) is 4.61. The number of thioether (sulfide) groups is 1. The zero-order chi connectivity index (χ0) is 12.2. The van der Waals surface area contributed by atoms with E-state index in [0.29, 0.717) is 23.7 Å². The topological polar surface area (TPSA) is 30.0 Å². The molecule has 0 radical (unpaired) electrons. The first-order valence-corrected chi connectivity index (χ1v) is 5.59. The van der Waals surface area contributed by atoms with Crippen LogP contribution in [0.4, 0.5) is 13.2 Å². The number of hydrogen-bond donors (Lipinski definition) is 0. The molecule has 0 saturated carbocycles. The van der Waals surface area contributed by atoms with Gasteiger partial charge in [0, 0.05) is 18.2 Å². The number of halogens is 3. The highest BCUT2D eigenvalue weighted by Gasteiger charge is 2.27. The smallest absolute Gasteiger partial charge is 0.294 e. The molecule has 0 unspecified atom stereocenters. The summed E-state index contributed by atoms with van der Waals surface area (Å²) in [5, 5.41) is 0.268. The summed E-state index contributed by atoms with van der Waals surface area (Å²) < 4.78 is 35.7. The van der Waals surface area contributed by atoms with Crippen LogP contribution in [0.1, 0.15) is 23.7 Å². The van der Waals surface area contributed by atoms with Gasteiger partial charge in [-0.2, -0.15) is 13.2 Å². The second kappa shape index (κ2) is 5.34. The molecule has 0 spiro atoms. The lowest BCUT2D eigenvalue weighted by molar-refractivity contribution is -0.105. The third kappa shape index (κ3) is 4.22. The van der Waals surface area contributed by atoms with E-state index in [1.807, 2.05) is 0 Å². The van der Waals surface area contributed by atoms with Gasteiger partial charge in [-0.05, 0) is 12.1 Å². The Morgan fingerprint density at radius 2 is 2.12 bits per heavy atom. The molecule has 1 rings (SSSR count). The third-order valence-electron chi connectivity index (χ3n) is 1.76. The minimum atomic E-state index is -4.20. The fourth-order valence-corrected chi connectivity index (χ4v) is 1.59. The second-order valence-electron chi connectivity index (χ2n) is 3.07. The van der Waals surface area contributed by atoms with Crippen molar-refractivity contribution in [2.75, 3.05) is 5.75 Å². The molecule has 0 atom stereocenters. The lowest BCUT2D eigenvalue weighted by atomic mass is 10.1. The zero-order valence-electron chi connectivity index (χ0n) is 8.54. The fourth-order valence-electron chi connectivity index (χ4n) is 0.991. The molecule has 2 nitrogen and oxygen atoms in total. The standard InChI is InChI=1S/C10H10F3NOS/c1-2-8(15)7-3-4-9(14-5-7)16-6-10(11,12)13/h3-5H,2,6H2,1H3. The van der Waals surface area contributed by atoms with Gasteiger partial charge in [0.05, 0.1) is 10.8 Å². The van der Waals surface area contributed by atoms with Crippen molar-refractivity contribution < 1.29 is 18.0 Å². The number of pyridine rings is 1. The summed E-state index contributed by atoms with van der Waals surface area (Å²) in [5.41, 5.74) is 0.429. The average Bonchev–Trinajstić information content (AvgIpc) is 2.25. The van der Waals surface area contributed by atoms with Gasteiger partial charge in [0.25, 0.3) is 0 Å². The van der Waals surface area contributed by atoms with E-state index in [2.05, 4.69) is 4.98 Å². The van der Waals surface area contributed by atoms with Crippen molar-refractivity contribution in [2.45, 2.75) is 24.5 Å². The highest BCUT2D eigenvalue weighted by Crippen LogP contribution is 2.25. The molecule has 0 bridgehead atoms. The molecule has 0 fully saturated rings. The molecule has 0 aromatic carbocycles. The number of Topliss-reactive ketones (excluding diaryl/α,β-unsaturated/α-hetero) is 1. The van der Waals surface area contributed by atoms with Crippen molar-refractivity contribution in [1.82, 2.24) is 4.98 Å². The summed E-state index contributed by atoms with van der Waals surface area (Å²) in [6.45, 7) is 1.72. The van der Waals surface area contributed by atoms with Crippen LogP contribution in [0.15, 0.2) is 23.4 Å². The summed E-state index contributed by atoms with van der Waals surface area (Å²) >= 11 is 0.608. The Balaban J connectivity index is 2.62. The lowest BCUT2D eigenvalue weighted by Crippen LogP contribution is -2.10. The van der Waals surface area contributed by atoms with Crippen LogP contribution in [0.5, 0.6) is 0 Å². The molecule has 0 N–H and O–H groups in total. The quantitative estimate of drug-likeness (QED) is 0.605.